The molecule has 158 valence electrons. The normalized spacial score (nSPS) is 19.8. The van der Waals surface area contributed by atoms with Crippen molar-refractivity contribution in [3.63, 3.8) is 0 Å². The van der Waals surface area contributed by atoms with Crippen molar-refractivity contribution in [1.82, 2.24) is 0 Å². The van der Waals surface area contributed by atoms with Gasteiger partial charge < -0.3 is 14.0 Å². The molecule has 2 rings (SSSR count). The lowest BCUT2D eigenvalue weighted by Gasteiger charge is -2.45. The zero-order valence-corrected chi connectivity index (χ0v) is 22.0. The molecule has 1 saturated heterocycles. The standard InChI is InChI=1S/C16H24BFO3S7/c1-12(2)13(3,4)21-17(20-12)9-5-10(18)7-11(6-9)19-8-14(22,15(23,24)25)16(26,27)28/h5-7,22-28H,8H2,1-4H3. The Balaban J connectivity index is 2.27. The Bertz CT molecular complexity index is 704. The monoisotopic (exact) mass is 518 g/mol. The van der Waals surface area contributed by atoms with Gasteiger partial charge in [-0.2, -0.15) is 12.6 Å². The van der Waals surface area contributed by atoms with Crippen LogP contribution in [0.3, 0.4) is 0 Å². The van der Waals surface area contributed by atoms with Crippen LogP contribution >= 0.6 is 88.4 Å². The van der Waals surface area contributed by atoms with Crippen LogP contribution < -0.4 is 10.2 Å². The first-order valence-corrected chi connectivity index (χ1v) is 11.4. The molecular formula is C16H24BFO3S7. The van der Waals surface area contributed by atoms with E-state index in [-0.39, 0.29) is 12.4 Å². The third-order valence-corrected chi connectivity index (χ3v) is 9.13. The fourth-order valence-corrected chi connectivity index (χ4v) is 4.64. The van der Waals surface area contributed by atoms with E-state index in [4.69, 9.17) is 14.0 Å². The van der Waals surface area contributed by atoms with E-state index in [0.717, 1.165) is 0 Å². The van der Waals surface area contributed by atoms with Crippen LogP contribution in [-0.2, 0) is 9.31 Å². The van der Waals surface area contributed by atoms with Crippen molar-refractivity contribution in [2.24, 2.45) is 0 Å². The van der Waals surface area contributed by atoms with Crippen molar-refractivity contribution in [3.05, 3.63) is 24.0 Å². The number of ether oxygens (including phenoxy) is 1. The van der Waals surface area contributed by atoms with Crippen LogP contribution in [0.2, 0.25) is 0 Å². The number of benzene rings is 1. The number of thiol groups is 7. The lowest BCUT2D eigenvalue weighted by molar-refractivity contribution is 0.00578. The quantitative estimate of drug-likeness (QED) is 0.176. The summed E-state index contributed by atoms with van der Waals surface area (Å²) in [6.45, 7) is 7.61. The maximum atomic E-state index is 14.3. The maximum Gasteiger partial charge on any atom is 0.495 e. The summed E-state index contributed by atoms with van der Waals surface area (Å²) in [7, 11) is -0.721. The summed E-state index contributed by atoms with van der Waals surface area (Å²) < 4.78 is 28.2. The van der Waals surface area contributed by atoms with E-state index < -0.39 is 35.7 Å². The minimum Gasteiger partial charge on any atom is -0.492 e. The summed E-state index contributed by atoms with van der Waals surface area (Å²) in [6.07, 6.45) is 0. The Labute approximate surface area is 205 Å². The number of hydrogen-bond donors (Lipinski definition) is 7. The van der Waals surface area contributed by atoms with Gasteiger partial charge >= 0.3 is 7.12 Å². The SMILES string of the molecule is CC1(C)OB(c2cc(F)cc(OCC(S)(C(S)(S)S)C(S)(S)S)c2)OC1(C)C. The molecule has 0 unspecified atom stereocenters. The van der Waals surface area contributed by atoms with Gasteiger partial charge in [-0.1, -0.05) is 0 Å². The van der Waals surface area contributed by atoms with Gasteiger partial charge in [-0.05, 0) is 45.3 Å². The Kier molecular flexibility index (Phi) is 7.68. The van der Waals surface area contributed by atoms with Crippen LogP contribution in [-0.4, -0.2) is 36.5 Å². The molecule has 0 aliphatic carbocycles. The van der Waals surface area contributed by atoms with E-state index in [2.05, 4.69) is 88.4 Å². The largest absolute Gasteiger partial charge is 0.495 e. The van der Waals surface area contributed by atoms with E-state index >= 15 is 0 Å². The third kappa shape index (κ3) is 5.23. The molecule has 0 bridgehead atoms. The minimum atomic E-state index is -1.26. The van der Waals surface area contributed by atoms with Crippen LogP contribution in [0, 0.1) is 5.82 Å². The van der Waals surface area contributed by atoms with E-state index in [0.29, 0.717) is 5.46 Å². The number of halogens is 1. The van der Waals surface area contributed by atoms with Crippen molar-refractivity contribution < 1.29 is 18.4 Å². The zero-order chi connectivity index (χ0) is 21.8. The van der Waals surface area contributed by atoms with Crippen LogP contribution in [0.15, 0.2) is 18.2 Å². The van der Waals surface area contributed by atoms with Crippen LogP contribution in [0.4, 0.5) is 4.39 Å². The molecule has 1 aromatic rings. The summed E-state index contributed by atoms with van der Waals surface area (Å²) in [6, 6.07) is 4.24. The van der Waals surface area contributed by atoms with Gasteiger partial charge in [0.25, 0.3) is 0 Å². The zero-order valence-electron chi connectivity index (χ0n) is 15.7. The molecule has 0 N–H and O–H groups in total. The van der Waals surface area contributed by atoms with E-state index in [1.165, 1.54) is 12.1 Å². The van der Waals surface area contributed by atoms with Gasteiger partial charge in [-0.3, -0.25) is 0 Å². The fourth-order valence-electron chi connectivity index (χ4n) is 2.39. The van der Waals surface area contributed by atoms with Crippen molar-refractivity contribution in [1.29, 1.82) is 0 Å². The molecule has 1 aliphatic heterocycles. The summed E-state index contributed by atoms with van der Waals surface area (Å²) in [5.41, 5.74) is -0.585. The second-order valence-corrected chi connectivity index (χ2v) is 14.6. The Morgan fingerprint density at radius 3 is 1.79 bits per heavy atom. The Morgan fingerprint density at radius 1 is 0.893 bits per heavy atom. The molecule has 3 nitrogen and oxygen atoms in total. The molecule has 0 amide bonds. The van der Waals surface area contributed by atoms with Gasteiger partial charge in [0.2, 0.25) is 0 Å². The molecule has 1 heterocycles. The van der Waals surface area contributed by atoms with Crippen LogP contribution in [0.25, 0.3) is 0 Å². The second-order valence-electron chi connectivity index (χ2n) is 7.73. The molecule has 0 aromatic heterocycles. The van der Waals surface area contributed by atoms with Gasteiger partial charge in [0.1, 0.15) is 29.7 Å². The number of rotatable bonds is 6. The molecule has 0 saturated carbocycles. The first kappa shape index (κ1) is 25.6. The van der Waals surface area contributed by atoms with Crippen molar-refractivity contribution in [2.45, 2.75) is 50.5 Å². The lowest BCUT2D eigenvalue weighted by Crippen LogP contribution is -2.53. The molecule has 0 atom stereocenters. The molecule has 0 radical (unpaired) electrons. The average Bonchev–Trinajstić information content (AvgIpc) is 2.70. The average molecular weight is 519 g/mol. The highest BCUT2D eigenvalue weighted by molar-refractivity contribution is 8.21. The minimum absolute atomic E-state index is 0.102. The maximum absolute atomic E-state index is 14.3. The predicted molar refractivity (Wildman–Crippen MR) is 139 cm³/mol. The highest BCUT2D eigenvalue weighted by Gasteiger charge is 2.54. The molecule has 12 heteroatoms. The fraction of sp³-hybridized carbons (Fsp3) is 0.625. The third-order valence-electron chi connectivity index (χ3n) is 4.98. The predicted octanol–water partition coefficient (Wildman–Crippen LogP) is 4.06. The van der Waals surface area contributed by atoms with Gasteiger partial charge in [0.05, 0.1) is 11.2 Å². The van der Waals surface area contributed by atoms with Crippen molar-refractivity contribution in [2.75, 3.05) is 6.61 Å². The lowest BCUT2D eigenvalue weighted by atomic mass is 9.79. The first-order valence-electron chi connectivity index (χ1n) is 8.25. The van der Waals surface area contributed by atoms with Crippen LogP contribution in [0.5, 0.6) is 5.75 Å². The van der Waals surface area contributed by atoms with Crippen LogP contribution in [0.1, 0.15) is 27.7 Å². The Hall–Kier alpha value is 1.38. The second kappa shape index (κ2) is 8.39. The van der Waals surface area contributed by atoms with Gasteiger partial charge in [0.15, 0.2) is 0 Å². The summed E-state index contributed by atoms with van der Waals surface area (Å²) in [5.74, 6) is -0.239. The van der Waals surface area contributed by atoms with E-state index in [1.807, 2.05) is 27.7 Å². The number of hydrogen-bond acceptors (Lipinski definition) is 10. The molecule has 28 heavy (non-hydrogen) atoms. The van der Waals surface area contributed by atoms with Gasteiger partial charge in [-0.25, -0.2) is 4.39 Å². The molecule has 0 spiro atoms. The summed E-state index contributed by atoms with van der Waals surface area (Å²) in [5, 5.41) is 0. The van der Waals surface area contributed by atoms with Crippen molar-refractivity contribution >= 4 is 101 Å². The van der Waals surface area contributed by atoms with E-state index in [9.17, 15) is 4.39 Å². The van der Waals surface area contributed by atoms with E-state index in [1.54, 1.807) is 6.07 Å². The molecule has 1 aliphatic rings. The van der Waals surface area contributed by atoms with Crippen molar-refractivity contribution in [3.8, 4) is 5.75 Å². The summed E-state index contributed by atoms with van der Waals surface area (Å²) in [4.78, 5) is 0. The summed E-state index contributed by atoms with van der Waals surface area (Å²) >= 11 is 30.6. The smallest absolute Gasteiger partial charge is 0.492 e. The van der Waals surface area contributed by atoms with Gasteiger partial charge in [-0.15, -0.1) is 75.8 Å². The molecule has 1 aromatic carbocycles. The Morgan fingerprint density at radius 2 is 1.36 bits per heavy atom. The topological polar surface area (TPSA) is 27.7 Å². The first-order chi connectivity index (χ1) is 12.4. The van der Waals surface area contributed by atoms with Gasteiger partial charge in [0, 0.05) is 6.07 Å². The highest BCUT2D eigenvalue weighted by atomic mass is 32.2. The highest BCUT2D eigenvalue weighted by Crippen LogP contribution is 2.54. The molecule has 1 fully saturated rings. The molecular weight excluding hydrogens is 494 g/mol.